The van der Waals surface area contributed by atoms with Crippen LogP contribution < -0.4 is 4.90 Å². The molecule has 1 atom stereocenters. The van der Waals surface area contributed by atoms with Gasteiger partial charge in [-0.05, 0) is 74.9 Å². The fourth-order valence-corrected chi connectivity index (χ4v) is 4.22. The van der Waals surface area contributed by atoms with Gasteiger partial charge in [0.2, 0.25) is 0 Å². The van der Waals surface area contributed by atoms with Gasteiger partial charge in [0.1, 0.15) is 5.82 Å². The third-order valence-corrected chi connectivity index (χ3v) is 5.77. The third kappa shape index (κ3) is 4.84. The van der Waals surface area contributed by atoms with Crippen molar-refractivity contribution in [2.75, 3.05) is 4.90 Å². The molecule has 1 unspecified atom stereocenters. The van der Waals surface area contributed by atoms with E-state index in [-0.39, 0.29) is 0 Å². The fourth-order valence-electron chi connectivity index (χ4n) is 4.22. The zero-order valence-electron chi connectivity index (χ0n) is 19.5. The first-order valence-electron chi connectivity index (χ1n) is 11.1. The summed E-state index contributed by atoms with van der Waals surface area (Å²) < 4.78 is 0. The number of hydrogen-bond acceptors (Lipinski definition) is 4. The van der Waals surface area contributed by atoms with Crippen LogP contribution >= 0.6 is 0 Å². The van der Waals surface area contributed by atoms with E-state index in [9.17, 15) is 0 Å². The lowest BCUT2D eigenvalue weighted by Crippen LogP contribution is -2.24. The molecule has 0 radical (unpaired) electrons. The van der Waals surface area contributed by atoms with Crippen LogP contribution in [0.25, 0.3) is 6.08 Å². The second kappa shape index (κ2) is 10.3. The van der Waals surface area contributed by atoms with E-state index in [0.717, 1.165) is 36.7 Å². The summed E-state index contributed by atoms with van der Waals surface area (Å²) in [5.41, 5.74) is 7.93. The number of hydrogen-bond donors (Lipinski definition) is 0. The fraction of sp³-hybridized carbons (Fsp3) is 0.370. The van der Waals surface area contributed by atoms with Gasteiger partial charge in [0.05, 0.1) is 18.3 Å². The van der Waals surface area contributed by atoms with Crippen LogP contribution in [-0.2, 0) is 19.5 Å². The number of fused-ring (bicyclic) bond motifs is 2. The van der Waals surface area contributed by atoms with E-state index in [2.05, 4.69) is 61.5 Å². The van der Waals surface area contributed by atoms with E-state index < -0.39 is 0 Å². The molecule has 0 spiro atoms. The molecule has 0 saturated heterocycles. The number of aryl methyl sites for hydroxylation is 2. The van der Waals surface area contributed by atoms with Crippen molar-refractivity contribution in [1.82, 2.24) is 9.97 Å². The van der Waals surface area contributed by atoms with Crippen LogP contribution in [0.5, 0.6) is 0 Å². The number of aromatic nitrogens is 2. The van der Waals surface area contributed by atoms with Gasteiger partial charge in [-0.3, -0.25) is 4.99 Å². The first kappa shape index (κ1) is 22.7. The van der Waals surface area contributed by atoms with Crippen molar-refractivity contribution in [2.45, 2.75) is 66.6 Å². The number of anilines is 1. The Kier molecular flexibility index (Phi) is 7.56. The van der Waals surface area contributed by atoms with Crippen LogP contribution in [0, 0.1) is 13.8 Å². The predicted molar refractivity (Wildman–Crippen MR) is 133 cm³/mol. The van der Waals surface area contributed by atoms with Crippen molar-refractivity contribution in [3.8, 4) is 0 Å². The highest BCUT2D eigenvalue weighted by molar-refractivity contribution is 5.71. The third-order valence-electron chi connectivity index (χ3n) is 5.77. The van der Waals surface area contributed by atoms with Gasteiger partial charge in [-0.1, -0.05) is 37.3 Å². The zero-order chi connectivity index (χ0) is 22.4. The first-order chi connectivity index (χ1) is 15.0. The van der Waals surface area contributed by atoms with Crippen LogP contribution in [-0.4, -0.2) is 16.2 Å². The van der Waals surface area contributed by atoms with E-state index in [1.165, 1.54) is 27.8 Å². The Bertz CT molecular complexity index is 1030. The summed E-state index contributed by atoms with van der Waals surface area (Å²) in [4.78, 5) is 16.7. The van der Waals surface area contributed by atoms with Crippen LogP contribution in [0.4, 0.5) is 5.82 Å². The Labute approximate surface area is 187 Å². The Morgan fingerprint density at radius 1 is 1.19 bits per heavy atom. The van der Waals surface area contributed by atoms with Crippen molar-refractivity contribution in [3.63, 3.8) is 0 Å². The summed E-state index contributed by atoms with van der Waals surface area (Å²) in [5, 5.41) is 0. The molecule has 1 aliphatic carbocycles. The summed E-state index contributed by atoms with van der Waals surface area (Å²) in [6.07, 6.45) is 13.8. The maximum atomic E-state index is 4.99. The minimum absolute atomic E-state index is 0.369. The first-order valence-corrected chi connectivity index (χ1v) is 11.1. The van der Waals surface area contributed by atoms with Gasteiger partial charge in [0.25, 0.3) is 0 Å². The summed E-state index contributed by atoms with van der Waals surface area (Å²) in [7, 11) is 0. The SMILES string of the molecule is C/C=C\C=NCc1nc2c(c(N3Cc4cc(C)c(C)cc4C3CC)n1)CC=C2.C=CC. The molecule has 31 heavy (non-hydrogen) atoms. The molecule has 2 heterocycles. The highest BCUT2D eigenvalue weighted by Crippen LogP contribution is 2.42. The van der Waals surface area contributed by atoms with E-state index in [1.807, 2.05) is 32.2 Å². The molecule has 0 N–H and O–H groups in total. The molecular weight excluding hydrogens is 380 g/mol. The maximum absolute atomic E-state index is 4.99. The normalized spacial score (nSPS) is 16.5. The van der Waals surface area contributed by atoms with Crippen LogP contribution in [0.2, 0.25) is 0 Å². The van der Waals surface area contributed by atoms with Crippen molar-refractivity contribution in [3.05, 3.63) is 82.4 Å². The Hall–Kier alpha value is -3.01. The Balaban J connectivity index is 0.000000858. The summed E-state index contributed by atoms with van der Waals surface area (Å²) >= 11 is 0. The molecule has 2 aliphatic rings. The van der Waals surface area contributed by atoms with Gasteiger partial charge >= 0.3 is 0 Å². The number of aliphatic imine (C=N–C) groups is 1. The van der Waals surface area contributed by atoms with E-state index in [4.69, 9.17) is 9.97 Å². The van der Waals surface area contributed by atoms with Crippen LogP contribution in [0.3, 0.4) is 0 Å². The molecule has 1 aromatic heterocycles. The topological polar surface area (TPSA) is 41.4 Å². The van der Waals surface area contributed by atoms with Crippen molar-refractivity contribution in [2.24, 2.45) is 4.99 Å². The highest BCUT2D eigenvalue weighted by Gasteiger charge is 2.33. The molecule has 0 amide bonds. The molecule has 162 valence electrons. The second-order valence-corrected chi connectivity index (χ2v) is 8.04. The molecule has 4 heteroatoms. The average molecular weight is 415 g/mol. The molecule has 1 aromatic carbocycles. The quantitative estimate of drug-likeness (QED) is 0.416. The summed E-state index contributed by atoms with van der Waals surface area (Å²) in [6, 6.07) is 5.10. The van der Waals surface area contributed by atoms with Gasteiger partial charge in [-0.25, -0.2) is 9.97 Å². The minimum Gasteiger partial charge on any atom is -0.345 e. The van der Waals surface area contributed by atoms with E-state index >= 15 is 0 Å². The van der Waals surface area contributed by atoms with Gasteiger partial charge in [-0.2, -0.15) is 0 Å². The van der Waals surface area contributed by atoms with Crippen molar-refractivity contribution < 1.29 is 0 Å². The van der Waals surface area contributed by atoms with Crippen LogP contribution in [0.15, 0.2) is 48.0 Å². The highest BCUT2D eigenvalue weighted by atomic mass is 15.2. The number of nitrogens with zero attached hydrogens (tertiary/aromatic N) is 4. The summed E-state index contributed by atoms with van der Waals surface area (Å²) in [6.45, 7) is 15.3. The maximum Gasteiger partial charge on any atom is 0.152 e. The van der Waals surface area contributed by atoms with Gasteiger partial charge < -0.3 is 4.90 Å². The molecule has 0 bridgehead atoms. The monoisotopic (exact) mass is 414 g/mol. The summed E-state index contributed by atoms with van der Waals surface area (Å²) in [5.74, 6) is 1.88. The number of benzene rings is 1. The average Bonchev–Trinajstić information content (AvgIpc) is 3.36. The molecule has 0 fully saturated rings. The molecule has 2 aromatic rings. The molecule has 1 aliphatic heterocycles. The second-order valence-electron chi connectivity index (χ2n) is 8.04. The molecule has 0 saturated carbocycles. The minimum atomic E-state index is 0.369. The molecular formula is C27H34N4. The van der Waals surface area contributed by atoms with Crippen molar-refractivity contribution in [1.29, 1.82) is 0 Å². The smallest absolute Gasteiger partial charge is 0.152 e. The Morgan fingerprint density at radius 3 is 2.65 bits per heavy atom. The predicted octanol–water partition coefficient (Wildman–Crippen LogP) is 6.47. The lowest BCUT2D eigenvalue weighted by Gasteiger charge is -2.27. The van der Waals surface area contributed by atoms with Gasteiger partial charge in [0, 0.05) is 18.3 Å². The number of rotatable bonds is 5. The van der Waals surface area contributed by atoms with Crippen molar-refractivity contribution >= 4 is 18.1 Å². The standard InChI is InChI=1S/C24H28N4.C3H6/c1-5-7-11-25-14-23-26-21-10-8-9-19(21)24(27-23)28-15-18-12-16(3)17(4)13-20(18)22(28)6-2;1-3-2/h5,7-8,10-13,22H,6,9,14-15H2,1-4H3;3H,1H2,2H3/b7-5-,25-11?;. The largest absolute Gasteiger partial charge is 0.345 e. The molecule has 4 nitrogen and oxygen atoms in total. The molecule has 4 rings (SSSR count). The lowest BCUT2D eigenvalue weighted by molar-refractivity contribution is 0.634. The van der Waals surface area contributed by atoms with E-state index in [1.54, 1.807) is 6.08 Å². The van der Waals surface area contributed by atoms with Gasteiger partial charge in [-0.15, -0.1) is 6.58 Å². The van der Waals surface area contributed by atoms with E-state index in [0.29, 0.717) is 12.6 Å². The van der Waals surface area contributed by atoms with Crippen LogP contribution in [0.1, 0.15) is 72.6 Å². The number of allylic oxidation sites excluding steroid dienone is 4. The van der Waals surface area contributed by atoms with Gasteiger partial charge in [0.15, 0.2) is 5.82 Å². The zero-order valence-corrected chi connectivity index (χ0v) is 19.5. The lowest BCUT2D eigenvalue weighted by atomic mass is 9.97. The Morgan fingerprint density at radius 2 is 1.94 bits per heavy atom.